The van der Waals surface area contributed by atoms with Crippen molar-refractivity contribution in [3.05, 3.63) is 64.9 Å². The molecule has 0 atom stereocenters. The maximum Gasteiger partial charge on any atom is 0.336 e. The smallest absolute Gasteiger partial charge is 0.336 e. The Kier molecular flexibility index (Phi) is 4.39. The maximum absolute atomic E-state index is 12.9. The Morgan fingerprint density at radius 2 is 1.81 bits per heavy atom. The van der Waals surface area contributed by atoms with Gasteiger partial charge in [0, 0.05) is 37.6 Å². The molecular weight excluding hydrogens is 356 g/mol. The summed E-state index contributed by atoms with van der Waals surface area (Å²) in [6.45, 7) is 2.80. The third-order valence-corrected chi connectivity index (χ3v) is 6.41. The van der Waals surface area contributed by atoms with Gasteiger partial charge >= 0.3 is 5.63 Å². The number of nitrogens with zero attached hydrogens (tertiary/aromatic N) is 2. The molecule has 26 heavy (non-hydrogen) atoms. The van der Waals surface area contributed by atoms with Gasteiger partial charge in [-0.25, -0.2) is 13.2 Å². The molecule has 3 aromatic rings. The third-order valence-electron chi connectivity index (χ3n) is 4.52. The number of rotatable bonds is 4. The van der Waals surface area contributed by atoms with Crippen molar-refractivity contribution in [3.63, 3.8) is 0 Å². The number of benzene rings is 1. The van der Waals surface area contributed by atoms with Gasteiger partial charge in [-0.05, 0) is 36.4 Å². The predicted octanol–water partition coefficient (Wildman–Crippen LogP) is 1.89. The highest BCUT2D eigenvalue weighted by Crippen LogP contribution is 2.22. The Morgan fingerprint density at radius 3 is 2.54 bits per heavy atom. The van der Waals surface area contributed by atoms with Crippen molar-refractivity contribution in [1.82, 2.24) is 9.21 Å². The van der Waals surface area contributed by atoms with Crippen LogP contribution in [0.2, 0.25) is 0 Å². The van der Waals surface area contributed by atoms with Crippen LogP contribution in [-0.2, 0) is 16.6 Å². The third kappa shape index (κ3) is 3.31. The molecule has 136 valence electrons. The zero-order valence-corrected chi connectivity index (χ0v) is 14.8. The van der Waals surface area contributed by atoms with Gasteiger partial charge in [0.1, 0.15) is 11.3 Å². The van der Waals surface area contributed by atoms with E-state index >= 15 is 0 Å². The van der Waals surface area contributed by atoms with Gasteiger partial charge in [-0.3, -0.25) is 4.90 Å². The van der Waals surface area contributed by atoms with Crippen LogP contribution in [0.15, 0.2) is 67.3 Å². The van der Waals surface area contributed by atoms with Crippen LogP contribution in [0.5, 0.6) is 0 Å². The van der Waals surface area contributed by atoms with Gasteiger partial charge in [-0.15, -0.1) is 0 Å². The van der Waals surface area contributed by atoms with Gasteiger partial charge in [-0.2, -0.15) is 4.31 Å². The van der Waals surface area contributed by atoms with Crippen LogP contribution in [0.3, 0.4) is 0 Å². The number of sulfonamides is 1. The van der Waals surface area contributed by atoms with Crippen molar-refractivity contribution in [2.24, 2.45) is 0 Å². The normalized spacial score (nSPS) is 16.9. The Bertz CT molecular complexity index is 1060. The maximum atomic E-state index is 12.9. The number of furan rings is 1. The van der Waals surface area contributed by atoms with E-state index in [1.807, 2.05) is 12.1 Å². The van der Waals surface area contributed by atoms with E-state index in [1.54, 1.807) is 18.4 Å². The van der Waals surface area contributed by atoms with Crippen LogP contribution in [-0.4, -0.2) is 43.8 Å². The number of piperazine rings is 1. The lowest BCUT2D eigenvalue weighted by molar-refractivity contribution is 0.171. The van der Waals surface area contributed by atoms with E-state index in [-0.39, 0.29) is 4.90 Å². The molecule has 4 rings (SSSR count). The quantitative estimate of drug-likeness (QED) is 0.649. The molecule has 0 N–H and O–H groups in total. The predicted molar refractivity (Wildman–Crippen MR) is 95.2 cm³/mol. The van der Waals surface area contributed by atoms with Crippen LogP contribution in [0, 0.1) is 0 Å². The number of hydrogen-bond acceptors (Lipinski definition) is 6. The average Bonchev–Trinajstić information content (AvgIpc) is 3.14. The molecule has 1 aliphatic heterocycles. The van der Waals surface area contributed by atoms with Gasteiger partial charge < -0.3 is 8.83 Å². The summed E-state index contributed by atoms with van der Waals surface area (Å²) in [5.41, 5.74) is -0.0829. The first-order valence-corrected chi connectivity index (χ1v) is 9.75. The molecular formula is C18H18N2O5S. The Labute approximate surface area is 150 Å². The first kappa shape index (κ1) is 17.0. The van der Waals surface area contributed by atoms with Crippen molar-refractivity contribution < 1.29 is 17.3 Å². The molecule has 7 nitrogen and oxygen atoms in total. The summed E-state index contributed by atoms with van der Waals surface area (Å²) in [5.74, 6) is 0.873. The van der Waals surface area contributed by atoms with E-state index in [9.17, 15) is 13.2 Å². The van der Waals surface area contributed by atoms with Crippen molar-refractivity contribution in [1.29, 1.82) is 0 Å². The zero-order chi connectivity index (χ0) is 18.1. The van der Waals surface area contributed by atoms with E-state index in [1.165, 1.54) is 22.5 Å². The van der Waals surface area contributed by atoms with Gasteiger partial charge in [0.25, 0.3) is 0 Å². The second kappa shape index (κ2) is 6.71. The second-order valence-electron chi connectivity index (χ2n) is 6.21. The summed E-state index contributed by atoms with van der Waals surface area (Å²) in [5, 5.41) is 0.585. The second-order valence-corrected chi connectivity index (χ2v) is 8.15. The van der Waals surface area contributed by atoms with E-state index in [0.717, 1.165) is 5.76 Å². The minimum atomic E-state index is -3.59. The van der Waals surface area contributed by atoms with E-state index in [2.05, 4.69) is 4.90 Å². The van der Waals surface area contributed by atoms with Gasteiger partial charge in [-0.1, -0.05) is 0 Å². The summed E-state index contributed by atoms with van der Waals surface area (Å²) in [4.78, 5) is 13.6. The summed E-state index contributed by atoms with van der Waals surface area (Å²) in [6.07, 6.45) is 1.64. The summed E-state index contributed by atoms with van der Waals surface area (Å²) >= 11 is 0. The molecule has 1 aromatic carbocycles. The fourth-order valence-corrected chi connectivity index (χ4v) is 4.57. The van der Waals surface area contributed by atoms with E-state index in [4.69, 9.17) is 8.83 Å². The van der Waals surface area contributed by atoms with Crippen LogP contribution < -0.4 is 5.63 Å². The molecule has 8 heteroatoms. The molecule has 3 heterocycles. The number of fused-ring (bicyclic) bond motifs is 1. The molecule has 1 fully saturated rings. The Hall–Kier alpha value is -2.42. The fourth-order valence-electron chi connectivity index (χ4n) is 3.11. The highest BCUT2D eigenvalue weighted by molar-refractivity contribution is 7.89. The minimum absolute atomic E-state index is 0.207. The largest absolute Gasteiger partial charge is 0.468 e. The summed E-state index contributed by atoms with van der Waals surface area (Å²) in [7, 11) is -3.59. The van der Waals surface area contributed by atoms with E-state index in [0.29, 0.717) is 43.7 Å². The summed E-state index contributed by atoms with van der Waals surface area (Å²) in [6, 6.07) is 11.2. The molecule has 0 amide bonds. The molecule has 0 bridgehead atoms. The molecule has 1 saturated heterocycles. The molecule has 0 aliphatic carbocycles. The minimum Gasteiger partial charge on any atom is -0.468 e. The summed E-state index contributed by atoms with van der Waals surface area (Å²) < 4.78 is 37.7. The van der Waals surface area contributed by atoms with Gasteiger partial charge in [0.05, 0.1) is 17.7 Å². The SMILES string of the molecule is O=c1ccc2cc(S(=O)(=O)N3CCN(Cc4ccco4)CC3)ccc2o1. The highest BCUT2D eigenvalue weighted by Gasteiger charge is 2.29. The molecule has 2 aromatic heterocycles. The van der Waals surface area contributed by atoms with Crippen LogP contribution in [0.25, 0.3) is 11.0 Å². The first-order valence-electron chi connectivity index (χ1n) is 8.31. The molecule has 0 spiro atoms. The molecule has 0 radical (unpaired) electrons. The van der Waals surface area contributed by atoms with Crippen molar-refractivity contribution >= 4 is 21.0 Å². The molecule has 1 aliphatic rings. The van der Waals surface area contributed by atoms with Crippen molar-refractivity contribution in [3.8, 4) is 0 Å². The lowest BCUT2D eigenvalue weighted by Gasteiger charge is -2.33. The molecule has 0 unspecified atom stereocenters. The highest BCUT2D eigenvalue weighted by atomic mass is 32.2. The van der Waals surface area contributed by atoms with E-state index < -0.39 is 15.6 Å². The monoisotopic (exact) mass is 374 g/mol. The van der Waals surface area contributed by atoms with Crippen molar-refractivity contribution in [2.45, 2.75) is 11.4 Å². The van der Waals surface area contributed by atoms with Gasteiger partial charge in [0.2, 0.25) is 10.0 Å². The topological polar surface area (TPSA) is 84.0 Å². The first-order chi connectivity index (χ1) is 12.5. The van der Waals surface area contributed by atoms with Crippen LogP contribution in [0.1, 0.15) is 5.76 Å². The lowest BCUT2D eigenvalue weighted by Crippen LogP contribution is -2.48. The van der Waals surface area contributed by atoms with Crippen LogP contribution in [0.4, 0.5) is 0 Å². The average molecular weight is 374 g/mol. The molecule has 0 saturated carbocycles. The Balaban J connectivity index is 1.50. The Morgan fingerprint density at radius 1 is 1.00 bits per heavy atom. The van der Waals surface area contributed by atoms with Crippen LogP contribution >= 0.6 is 0 Å². The number of hydrogen-bond donors (Lipinski definition) is 0. The van der Waals surface area contributed by atoms with Crippen molar-refractivity contribution in [2.75, 3.05) is 26.2 Å². The van der Waals surface area contributed by atoms with Gasteiger partial charge in [0.15, 0.2) is 0 Å². The lowest BCUT2D eigenvalue weighted by atomic mass is 10.2. The standard InChI is InChI=1S/C18H18N2O5S/c21-18-6-3-14-12-16(4-5-17(14)25-18)26(22,23)20-9-7-19(8-10-20)13-15-2-1-11-24-15/h1-6,11-12H,7-10,13H2. The fraction of sp³-hybridized carbons (Fsp3) is 0.278. The zero-order valence-electron chi connectivity index (χ0n) is 14.0.